The fraction of sp³-hybridized carbons (Fsp3) is 0.364. The highest BCUT2D eigenvalue weighted by Gasteiger charge is 2.23. The lowest BCUT2D eigenvalue weighted by molar-refractivity contribution is 0.0303. The molecule has 0 aromatic heterocycles. The van der Waals surface area contributed by atoms with Gasteiger partial charge in [0.15, 0.2) is 0 Å². The Labute approximate surface area is 182 Å². The quantitative estimate of drug-likeness (QED) is 0.737. The predicted molar refractivity (Wildman–Crippen MR) is 118 cm³/mol. The Morgan fingerprint density at radius 3 is 2.29 bits per heavy atom. The Morgan fingerprint density at radius 2 is 1.68 bits per heavy atom. The minimum absolute atomic E-state index is 0.108. The number of carbonyl (C=O) groups excluding carboxylic acids is 2. The van der Waals surface area contributed by atoms with Crippen LogP contribution in [0.5, 0.6) is 0 Å². The Kier molecular flexibility index (Phi) is 7.09. The Balaban J connectivity index is 1.71. The number of morpholine rings is 1. The van der Waals surface area contributed by atoms with Crippen LogP contribution in [0, 0.1) is 0 Å². The van der Waals surface area contributed by atoms with Gasteiger partial charge in [-0.05, 0) is 56.3 Å². The third-order valence-corrected chi connectivity index (χ3v) is 7.23. The highest BCUT2D eigenvalue weighted by atomic mass is 32.2. The van der Waals surface area contributed by atoms with E-state index in [9.17, 15) is 18.0 Å². The minimum atomic E-state index is -3.61. The summed E-state index contributed by atoms with van der Waals surface area (Å²) in [6.45, 7) is 5.68. The maximum absolute atomic E-state index is 12.6. The number of anilines is 1. The van der Waals surface area contributed by atoms with Gasteiger partial charge in [0.25, 0.3) is 11.8 Å². The second kappa shape index (κ2) is 9.59. The van der Waals surface area contributed by atoms with Gasteiger partial charge in [-0.15, -0.1) is 0 Å². The first-order valence-electron chi connectivity index (χ1n) is 10.1. The molecular weight excluding hydrogens is 418 g/mol. The van der Waals surface area contributed by atoms with Gasteiger partial charge in [-0.3, -0.25) is 9.59 Å². The molecule has 0 saturated carbocycles. The summed E-state index contributed by atoms with van der Waals surface area (Å²) >= 11 is 0. The van der Waals surface area contributed by atoms with Gasteiger partial charge < -0.3 is 15.0 Å². The first-order valence-corrected chi connectivity index (χ1v) is 11.5. The van der Waals surface area contributed by atoms with Crippen molar-refractivity contribution in [3.8, 4) is 0 Å². The minimum Gasteiger partial charge on any atom is -0.378 e. The number of carbonyl (C=O) groups is 2. The van der Waals surface area contributed by atoms with Crippen LogP contribution in [-0.2, 0) is 14.8 Å². The number of rotatable bonds is 6. The van der Waals surface area contributed by atoms with Gasteiger partial charge in [0.2, 0.25) is 10.0 Å². The summed E-state index contributed by atoms with van der Waals surface area (Å²) in [5.74, 6) is -0.500. The molecule has 0 aliphatic carbocycles. The molecule has 31 heavy (non-hydrogen) atoms. The first kappa shape index (κ1) is 22.9. The molecule has 1 fully saturated rings. The van der Waals surface area contributed by atoms with E-state index < -0.39 is 15.9 Å². The molecule has 8 nitrogen and oxygen atoms in total. The monoisotopic (exact) mass is 445 g/mol. The van der Waals surface area contributed by atoms with Gasteiger partial charge >= 0.3 is 0 Å². The molecule has 3 rings (SSSR count). The summed E-state index contributed by atoms with van der Waals surface area (Å²) in [5, 5.41) is 2.76. The molecule has 166 valence electrons. The number of hydrogen-bond donors (Lipinski definition) is 1. The fourth-order valence-electron chi connectivity index (χ4n) is 3.10. The smallest absolute Gasteiger partial charge is 0.255 e. The number of nitrogens with zero attached hydrogens (tertiary/aromatic N) is 2. The largest absolute Gasteiger partial charge is 0.378 e. The van der Waals surface area contributed by atoms with Crippen molar-refractivity contribution in [2.75, 3.05) is 38.7 Å². The molecule has 2 amide bonds. The molecular formula is C22H27N3O5S. The highest BCUT2D eigenvalue weighted by Crippen LogP contribution is 2.19. The fourth-order valence-corrected chi connectivity index (χ4v) is 4.47. The lowest BCUT2D eigenvalue weighted by Crippen LogP contribution is -2.40. The van der Waals surface area contributed by atoms with E-state index in [2.05, 4.69) is 5.32 Å². The Bertz CT molecular complexity index is 1050. The molecule has 2 aromatic rings. The summed E-state index contributed by atoms with van der Waals surface area (Å²) in [6, 6.07) is 12.3. The van der Waals surface area contributed by atoms with Crippen molar-refractivity contribution in [3.63, 3.8) is 0 Å². The maximum atomic E-state index is 12.6. The molecule has 1 aliphatic heterocycles. The Hall–Kier alpha value is -2.75. The molecule has 2 aromatic carbocycles. The first-order chi connectivity index (χ1) is 14.7. The van der Waals surface area contributed by atoms with Crippen molar-refractivity contribution in [1.29, 1.82) is 0 Å². The van der Waals surface area contributed by atoms with Crippen molar-refractivity contribution >= 4 is 27.5 Å². The Morgan fingerprint density at radius 1 is 1.03 bits per heavy atom. The molecule has 1 saturated heterocycles. The van der Waals surface area contributed by atoms with E-state index in [1.54, 1.807) is 43.0 Å². The second-order valence-corrected chi connectivity index (χ2v) is 9.58. The van der Waals surface area contributed by atoms with Gasteiger partial charge in [0, 0.05) is 43.0 Å². The van der Waals surface area contributed by atoms with Crippen LogP contribution in [0.15, 0.2) is 53.4 Å². The number of ether oxygens (including phenoxy) is 1. The van der Waals surface area contributed by atoms with Crippen LogP contribution < -0.4 is 5.32 Å². The number of sulfonamides is 1. The van der Waals surface area contributed by atoms with Gasteiger partial charge in [0.05, 0.1) is 18.1 Å². The molecule has 9 heteroatoms. The van der Waals surface area contributed by atoms with E-state index in [1.807, 2.05) is 0 Å². The molecule has 0 unspecified atom stereocenters. The van der Waals surface area contributed by atoms with Crippen molar-refractivity contribution in [2.24, 2.45) is 0 Å². The van der Waals surface area contributed by atoms with E-state index in [-0.39, 0.29) is 16.8 Å². The van der Waals surface area contributed by atoms with Gasteiger partial charge in [-0.25, -0.2) is 8.42 Å². The van der Waals surface area contributed by atoms with Crippen LogP contribution in [0.25, 0.3) is 0 Å². The summed E-state index contributed by atoms with van der Waals surface area (Å²) in [7, 11) is -2.10. The number of benzene rings is 2. The topological polar surface area (TPSA) is 96.0 Å². The van der Waals surface area contributed by atoms with E-state index in [0.717, 1.165) is 0 Å². The van der Waals surface area contributed by atoms with E-state index >= 15 is 0 Å². The van der Waals surface area contributed by atoms with E-state index in [0.29, 0.717) is 43.1 Å². The van der Waals surface area contributed by atoms with Crippen molar-refractivity contribution in [2.45, 2.75) is 24.8 Å². The van der Waals surface area contributed by atoms with Crippen LogP contribution >= 0.6 is 0 Å². The zero-order valence-corrected chi connectivity index (χ0v) is 18.7. The van der Waals surface area contributed by atoms with Crippen LogP contribution in [0.1, 0.15) is 34.6 Å². The molecule has 0 spiro atoms. The molecule has 0 bridgehead atoms. The predicted octanol–water partition coefficient (Wildman–Crippen LogP) is 2.44. The third-order valence-electron chi connectivity index (χ3n) is 5.19. The molecule has 1 aliphatic rings. The number of nitrogens with one attached hydrogen (secondary N) is 1. The standard InChI is InChI=1S/C22H27N3O5S/c1-16(2)24(3)31(28,29)20-9-7-17(8-10-20)21(26)23-19-6-4-5-18(15-19)22(27)25-11-13-30-14-12-25/h4-10,15-16H,11-14H2,1-3H3,(H,23,26). The SMILES string of the molecule is CC(C)N(C)S(=O)(=O)c1ccc(C(=O)Nc2cccc(C(=O)N3CCOCC3)c2)cc1. The summed E-state index contributed by atoms with van der Waals surface area (Å²) in [4.78, 5) is 27.1. The number of amides is 2. The second-order valence-electron chi connectivity index (χ2n) is 7.58. The molecule has 0 atom stereocenters. The molecule has 0 radical (unpaired) electrons. The lowest BCUT2D eigenvalue weighted by Gasteiger charge is -2.27. The van der Waals surface area contributed by atoms with Gasteiger partial charge in [-0.2, -0.15) is 4.31 Å². The van der Waals surface area contributed by atoms with Crippen LogP contribution in [-0.4, -0.2) is 68.8 Å². The average molecular weight is 446 g/mol. The van der Waals surface area contributed by atoms with Crippen LogP contribution in [0.4, 0.5) is 5.69 Å². The van der Waals surface area contributed by atoms with Crippen LogP contribution in [0.3, 0.4) is 0 Å². The summed E-state index contributed by atoms with van der Waals surface area (Å²) < 4.78 is 31.7. The third kappa shape index (κ3) is 5.30. The highest BCUT2D eigenvalue weighted by molar-refractivity contribution is 7.89. The van der Waals surface area contributed by atoms with Crippen molar-refractivity contribution in [3.05, 3.63) is 59.7 Å². The van der Waals surface area contributed by atoms with E-state index in [1.165, 1.54) is 35.6 Å². The summed E-state index contributed by atoms with van der Waals surface area (Å²) in [6.07, 6.45) is 0. The van der Waals surface area contributed by atoms with Crippen LogP contribution in [0.2, 0.25) is 0 Å². The maximum Gasteiger partial charge on any atom is 0.255 e. The van der Waals surface area contributed by atoms with Gasteiger partial charge in [0.1, 0.15) is 0 Å². The van der Waals surface area contributed by atoms with Crippen molar-refractivity contribution < 1.29 is 22.7 Å². The summed E-state index contributed by atoms with van der Waals surface area (Å²) in [5.41, 5.74) is 1.29. The van der Waals surface area contributed by atoms with Crippen molar-refractivity contribution in [1.82, 2.24) is 9.21 Å². The zero-order chi connectivity index (χ0) is 22.6. The molecule has 1 heterocycles. The number of hydrogen-bond acceptors (Lipinski definition) is 5. The lowest BCUT2D eigenvalue weighted by atomic mass is 10.1. The molecule has 1 N–H and O–H groups in total. The van der Waals surface area contributed by atoms with E-state index in [4.69, 9.17) is 4.74 Å². The zero-order valence-electron chi connectivity index (χ0n) is 17.9. The average Bonchev–Trinajstić information content (AvgIpc) is 2.78. The van der Waals surface area contributed by atoms with Gasteiger partial charge in [-0.1, -0.05) is 6.07 Å². The normalized spacial score (nSPS) is 14.7.